The van der Waals surface area contributed by atoms with E-state index >= 15 is 0 Å². The Hall–Kier alpha value is -2.31. The van der Waals surface area contributed by atoms with Gasteiger partial charge in [0.25, 0.3) is 5.91 Å². The molecule has 0 aromatic heterocycles. The molecule has 5 nitrogen and oxygen atoms in total. The Morgan fingerprint density at radius 2 is 1.85 bits per heavy atom. The number of carboxylic acids is 1. The number of amides is 1. The van der Waals surface area contributed by atoms with Gasteiger partial charge in [0.15, 0.2) is 0 Å². The van der Waals surface area contributed by atoms with Crippen molar-refractivity contribution in [3.8, 4) is 11.1 Å². The molecule has 0 spiro atoms. The first-order valence-electron chi connectivity index (χ1n) is 12.4. The van der Waals surface area contributed by atoms with E-state index in [-0.39, 0.29) is 5.91 Å². The minimum Gasteiger partial charge on any atom is -0.480 e. The largest absolute Gasteiger partial charge is 0.480 e. The van der Waals surface area contributed by atoms with E-state index in [4.69, 9.17) is 0 Å². The monoisotopic (exact) mass is 482 g/mol. The predicted molar refractivity (Wildman–Crippen MR) is 141 cm³/mol. The first-order valence-corrected chi connectivity index (χ1v) is 13.8. The molecular formula is C28H38N2O3S. The van der Waals surface area contributed by atoms with Crippen LogP contribution in [-0.4, -0.2) is 53.5 Å². The van der Waals surface area contributed by atoms with Crippen LogP contribution in [0.4, 0.5) is 0 Å². The van der Waals surface area contributed by atoms with E-state index in [1.54, 1.807) is 11.8 Å². The number of benzene rings is 2. The van der Waals surface area contributed by atoms with E-state index < -0.39 is 12.0 Å². The Morgan fingerprint density at radius 1 is 1.12 bits per heavy atom. The van der Waals surface area contributed by atoms with Gasteiger partial charge in [-0.1, -0.05) is 68.5 Å². The van der Waals surface area contributed by atoms with Crippen LogP contribution in [0.3, 0.4) is 0 Å². The lowest BCUT2D eigenvalue weighted by molar-refractivity contribution is -0.139. The summed E-state index contributed by atoms with van der Waals surface area (Å²) in [6.07, 6.45) is 10.4. The molecule has 0 heterocycles. The molecule has 0 radical (unpaired) electrons. The summed E-state index contributed by atoms with van der Waals surface area (Å²) in [6.45, 7) is 1.89. The van der Waals surface area contributed by atoms with Gasteiger partial charge in [-0.2, -0.15) is 11.8 Å². The molecule has 0 aliphatic heterocycles. The molecule has 2 N–H and O–H groups in total. The molecule has 6 heteroatoms. The van der Waals surface area contributed by atoms with Gasteiger partial charge in [0.1, 0.15) is 6.04 Å². The summed E-state index contributed by atoms with van der Waals surface area (Å²) in [5.74, 6) is 0.189. The maximum Gasteiger partial charge on any atom is 0.326 e. The Bertz CT molecular complexity index is 929. The highest BCUT2D eigenvalue weighted by molar-refractivity contribution is 7.98. The number of carboxylic acid groups (broad SMARTS) is 1. The minimum absolute atomic E-state index is 0.343. The maximum atomic E-state index is 13.1. The van der Waals surface area contributed by atoms with Crippen molar-refractivity contribution in [1.29, 1.82) is 0 Å². The molecule has 1 aliphatic rings. The number of nitrogens with zero attached hydrogens (tertiary/aromatic N) is 1. The molecule has 1 saturated carbocycles. The SMILES string of the molecule is CSCC[C@@H](NC(=O)c1ccc(CN(C)CCC2CCCCC2)cc1-c1ccccc1)C(=O)O. The fraction of sp³-hybridized carbons (Fsp3) is 0.500. The van der Waals surface area contributed by atoms with Crippen molar-refractivity contribution in [1.82, 2.24) is 10.2 Å². The summed E-state index contributed by atoms with van der Waals surface area (Å²) in [7, 11) is 2.16. The number of hydrogen-bond acceptors (Lipinski definition) is 4. The van der Waals surface area contributed by atoms with E-state index in [1.807, 2.05) is 48.7 Å². The van der Waals surface area contributed by atoms with Crippen LogP contribution in [0.15, 0.2) is 48.5 Å². The summed E-state index contributed by atoms with van der Waals surface area (Å²) in [5.41, 5.74) is 3.45. The molecule has 2 aromatic rings. The van der Waals surface area contributed by atoms with E-state index in [0.29, 0.717) is 17.7 Å². The second kappa shape index (κ2) is 13.5. The molecule has 1 amide bonds. The normalized spacial score (nSPS) is 15.3. The molecule has 1 fully saturated rings. The third kappa shape index (κ3) is 7.88. The Morgan fingerprint density at radius 3 is 2.53 bits per heavy atom. The fourth-order valence-corrected chi connectivity index (χ4v) is 5.21. The van der Waals surface area contributed by atoms with Crippen molar-refractivity contribution in [3.05, 3.63) is 59.7 Å². The fourth-order valence-electron chi connectivity index (χ4n) is 4.74. The number of carbonyl (C=O) groups excluding carboxylic acids is 1. The van der Waals surface area contributed by atoms with Gasteiger partial charge in [0.2, 0.25) is 0 Å². The molecule has 184 valence electrons. The van der Waals surface area contributed by atoms with Crippen LogP contribution < -0.4 is 5.32 Å². The van der Waals surface area contributed by atoms with E-state index in [1.165, 1.54) is 38.5 Å². The third-order valence-electron chi connectivity index (χ3n) is 6.72. The lowest BCUT2D eigenvalue weighted by Gasteiger charge is -2.25. The molecule has 34 heavy (non-hydrogen) atoms. The molecule has 1 aliphatic carbocycles. The quantitative estimate of drug-likeness (QED) is 0.407. The van der Waals surface area contributed by atoms with Crippen molar-refractivity contribution in [3.63, 3.8) is 0 Å². The van der Waals surface area contributed by atoms with Gasteiger partial charge in [0.05, 0.1) is 0 Å². The molecule has 3 rings (SSSR count). The van der Waals surface area contributed by atoms with Crippen LogP contribution in [0.5, 0.6) is 0 Å². The van der Waals surface area contributed by atoms with E-state index in [9.17, 15) is 14.7 Å². The lowest BCUT2D eigenvalue weighted by Crippen LogP contribution is -2.41. The van der Waals surface area contributed by atoms with Gasteiger partial charge >= 0.3 is 5.97 Å². The van der Waals surface area contributed by atoms with Crippen molar-refractivity contribution in [2.45, 2.75) is 57.5 Å². The number of hydrogen-bond donors (Lipinski definition) is 2. The average molecular weight is 483 g/mol. The maximum absolute atomic E-state index is 13.1. The molecule has 0 unspecified atom stereocenters. The zero-order valence-corrected chi connectivity index (χ0v) is 21.3. The van der Waals surface area contributed by atoms with Crippen LogP contribution in [0.2, 0.25) is 0 Å². The van der Waals surface area contributed by atoms with Crippen LogP contribution in [0.25, 0.3) is 11.1 Å². The van der Waals surface area contributed by atoms with E-state index in [0.717, 1.165) is 35.7 Å². The number of thioether (sulfide) groups is 1. The van der Waals surface area contributed by atoms with Crippen LogP contribution >= 0.6 is 11.8 Å². The van der Waals surface area contributed by atoms with Gasteiger partial charge in [-0.25, -0.2) is 4.79 Å². The first kappa shape index (κ1) is 26.3. The number of aliphatic carboxylic acids is 1. The number of nitrogens with one attached hydrogen (secondary N) is 1. The van der Waals surface area contributed by atoms with Crippen molar-refractivity contribution >= 4 is 23.6 Å². The zero-order valence-electron chi connectivity index (χ0n) is 20.5. The van der Waals surface area contributed by atoms with Gasteiger partial charge in [0, 0.05) is 12.1 Å². The van der Waals surface area contributed by atoms with Crippen molar-refractivity contribution in [2.24, 2.45) is 5.92 Å². The zero-order chi connectivity index (χ0) is 24.3. The molecule has 0 saturated heterocycles. The minimum atomic E-state index is -1.00. The Balaban J connectivity index is 1.75. The highest BCUT2D eigenvalue weighted by atomic mass is 32.2. The van der Waals surface area contributed by atoms with Gasteiger partial charge in [-0.15, -0.1) is 0 Å². The highest BCUT2D eigenvalue weighted by Gasteiger charge is 2.22. The highest BCUT2D eigenvalue weighted by Crippen LogP contribution is 2.28. The standard InChI is InChI=1S/C28H38N2O3S/c1-30(17-15-21-9-5-3-6-10-21)20-22-13-14-24(25(19-22)23-11-7-4-8-12-23)27(31)29-26(28(32)33)16-18-34-2/h4,7-8,11-14,19,21,26H,3,5-6,9-10,15-18,20H2,1-2H3,(H,29,31)(H,32,33)/t26-/m1/s1. The van der Waals surface area contributed by atoms with Gasteiger partial charge in [-0.05, 0) is 73.2 Å². The second-order valence-electron chi connectivity index (χ2n) is 9.42. The van der Waals surface area contributed by atoms with Gasteiger partial charge < -0.3 is 15.3 Å². The van der Waals surface area contributed by atoms with Crippen LogP contribution in [0.1, 0.15) is 60.9 Å². The van der Waals surface area contributed by atoms with Crippen LogP contribution in [0, 0.1) is 5.92 Å². The molecule has 2 aromatic carbocycles. The number of rotatable bonds is 12. The van der Waals surface area contributed by atoms with Gasteiger partial charge in [-0.3, -0.25) is 4.79 Å². The third-order valence-corrected chi connectivity index (χ3v) is 7.37. The number of carbonyl (C=O) groups is 2. The smallest absolute Gasteiger partial charge is 0.326 e. The summed E-state index contributed by atoms with van der Waals surface area (Å²) in [4.78, 5) is 27.1. The second-order valence-corrected chi connectivity index (χ2v) is 10.4. The summed E-state index contributed by atoms with van der Waals surface area (Å²) in [6, 6.07) is 14.9. The summed E-state index contributed by atoms with van der Waals surface area (Å²) >= 11 is 1.57. The van der Waals surface area contributed by atoms with Crippen molar-refractivity contribution < 1.29 is 14.7 Å². The van der Waals surface area contributed by atoms with Crippen LogP contribution in [-0.2, 0) is 11.3 Å². The average Bonchev–Trinajstić information content (AvgIpc) is 2.86. The Labute approximate surface area is 208 Å². The molecule has 1 atom stereocenters. The molecule has 0 bridgehead atoms. The Kier molecular flexibility index (Phi) is 10.5. The predicted octanol–water partition coefficient (Wildman–Crippen LogP) is 5.69. The summed E-state index contributed by atoms with van der Waals surface area (Å²) < 4.78 is 0. The topological polar surface area (TPSA) is 69.6 Å². The summed E-state index contributed by atoms with van der Waals surface area (Å²) in [5, 5.41) is 12.3. The lowest BCUT2D eigenvalue weighted by atomic mass is 9.87. The van der Waals surface area contributed by atoms with E-state index in [2.05, 4.69) is 23.3 Å². The first-order chi connectivity index (χ1) is 16.5. The molecular weight excluding hydrogens is 444 g/mol. The van der Waals surface area contributed by atoms with Crippen molar-refractivity contribution in [2.75, 3.05) is 25.6 Å².